The van der Waals surface area contributed by atoms with Crippen molar-refractivity contribution in [3.05, 3.63) is 11.8 Å². The quantitative estimate of drug-likeness (QED) is 0.721. The highest BCUT2D eigenvalue weighted by Crippen LogP contribution is 2.35. The van der Waals surface area contributed by atoms with Gasteiger partial charge in [0.25, 0.3) is 0 Å². The number of carbonyl (C=O) groups is 1. The molecule has 1 unspecified atom stereocenters. The number of allylic oxidation sites excluding steroid dienone is 2. The minimum Gasteiger partial charge on any atom is -0.330 e. The van der Waals surface area contributed by atoms with Gasteiger partial charge in [0.1, 0.15) is 0 Å². The average molecular weight is 195 g/mol. The second kappa shape index (κ2) is 4.16. The highest BCUT2D eigenvalue weighted by molar-refractivity contribution is 5.77. The van der Waals surface area contributed by atoms with Gasteiger partial charge in [-0.1, -0.05) is 33.8 Å². The fourth-order valence-corrected chi connectivity index (χ4v) is 2.29. The second-order valence-electron chi connectivity index (χ2n) is 5.07. The zero-order chi connectivity index (χ0) is 10.8. The van der Waals surface area contributed by atoms with E-state index in [4.69, 9.17) is 0 Å². The number of carbonyl (C=O) groups excluding carboxylic acids is 1. The Bertz CT molecular complexity index is 253. The molecule has 1 aliphatic rings. The van der Waals surface area contributed by atoms with Gasteiger partial charge >= 0.3 is 0 Å². The summed E-state index contributed by atoms with van der Waals surface area (Å²) in [6, 6.07) is 0. The molecule has 0 aromatic heterocycles. The number of rotatable bonds is 2. The van der Waals surface area contributed by atoms with Crippen LogP contribution in [0, 0.1) is 11.3 Å². The van der Waals surface area contributed by atoms with Gasteiger partial charge in [0.05, 0.1) is 0 Å². The van der Waals surface area contributed by atoms with Crippen LogP contribution in [0.4, 0.5) is 0 Å². The van der Waals surface area contributed by atoms with Crippen molar-refractivity contribution in [2.24, 2.45) is 11.3 Å². The van der Waals surface area contributed by atoms with Gasteiger partial charge in [-0.3, -0.25) is 4.79 Å². The van der Waals surface area contributed by atoms with Crippen LogP contribution in [0.5, 0.6) is 0 Å². The Balaban J connectivity index is 2.68. The number of amides is 1. The second-order valence-corrected chi connectivity index (χ2v) is 5.07. The highest BCUT2D eigenvalue weighted by atomic mass is 16.1. The van der Waals surface area contributed by atoms with Crippen molar-refractivity contribution < 1.29 is 4.79 Å². The first kappa shape index (κ1) is 11.3. The molecule has 0 aromatic rings. The summed E-state index contributed by atoms with van der Waals surface area (Å²) in [5.41, 5.74) is 1.34. The maximum absolute atomic E-state index is 11.2. The van der Waals surface area contributed by atoms with Gasteiger partial charge in [0.2, 0.25) is 5.91 Å². The Morgan fingerprint density at radius 1 is 1.64 bits per heavy atom. The van der Waals surface area contributed by atoms with Gasteiger partial charge in [-0.15, -0.1) is 0 Å². The molecule has 0 bridgehead atoms. The molecule has 0 saturated carbocycles. The zero-order valence-electron chi connectivity index (χ0n) is 9.68. The summed E-state index contributed by atoms with van der Waals surface area (Å²) in [7, 11) is 0. The van der Waals surface area contributed by atoms with E-state index in [2.05, 4.69) is 32.2 Å². The Labute approximate surface area is 86.8 Å². The van der Waals surface area contributed by atoms with Gasteiger partial charge < -0.3 is 5.32 Å². The topological polar surface area (TPSA) is 29.1 Å². The monoisotopic (exact) mass is 195 g/mol. The lowest BCUT2D eigenvalue weighted by Gasteiger charge is -2.32. The molecule has 14 heavy (non-hydrogen) atoms. The molecule has 2 heteroatoms. The largest absolute Gasteiger partial charge is 0.330 e. The predicted octanol–water partition coefficient (Wildman–Crippen LogP) is 2.85. The van der Waals surface area contributed by atoms with E-state index in [1.54, 1.807) is 0 Å². The van der Waals surface area contributed by atoms with E-state index in [0.717, 1.165) is 12.1 Å². The molecule has 0 saturated heterocycles. The number of hydrogen-bond donors (Lipinski definition) is 1. The van der Waals surface area contributed by atoms with E-state index in [1.807, 2.05) is 6.92 Å². The summed E-state index contributed by atoms with van der Waals surface area (Å²) in [4.78, 5) is 11.2. The first-order valence-corrected chi connectivity index (χ1v) is 5.44. The van der Waals surface area contributed by atoms with Crippen LogP contribution in [0.3, 0.4) is 0 Å². The molecule has 1 aliphatic carbocycles. The molecule has 1 atom stereocenters. The van der Waals surface area contributed by atoms with Crippen LogP contribution in [0.2, 0.25) is 0 Å². The minimum absolute atomic E-state index is 0.126. The third-order valence-electron chi connectivity index (χ3n) is 2.63. The Morgan fingerprint density at radius 3 is 2.79 bits per heavy atom. The summed E-state index contributed by atoms with van der Waals surface area (Å²) >= 11 is 0. The SMILES string of the molecule is CCC(=O)NC1=CC(C)(C)CC(C)C1. The molecule has 0 aliphatic heterocycles. The predicted molar refractivity (Wildman–Crippen MR) is 58.7 cm³/mol. The van der Waals surface area contributed by atoms with Crippen LogP contribution < -0.4 is 5.32 Å². The van der Waals surface area contributed by atoms with Crippen molar-refractivity contribution >= 4 is 5.91 Å². The number of nitrogens with one attached hydrogen (secondary N) is 1. The van der Waals surface area contributed by atoms with E-state index in [9.17, 15) is 4.79 Å². The van der Waals surface area contributed by atoms with Crippen LogP contribution in [-0.2, 0) is 4.79 Å². The van der Waals surface area contributed by atoms with Crippen LogP contribution in [0.1, 0.15) is 47.0 Å². The smallest absolute Gasteiger partial charge is 0.223 e. The maximum atomic E-state index is 11.2. The van der Waals surface area contributed by atoms with Crippen molar-refractivity contribution in [2.75, 3.05) is 0 Å². The minimum atomic E-state index is 0.126. The molecular formula is C12H21NO. The molecule has 80 valence electrons. The first-order valence-electron chi connectivity index (χ1n) is 5.44. The summed E-state index contributed by atoms with van der Waals surface area (Å²) in [6.45, 7) is 8.57. The van der Waals surface area contributed by atoms with Crippen molar-refractivity contribution in [2.45, 2.75) is 47.0 Å². The van der Waals surface area contributed by atoms with Gasteiger partial charge in [-0.2, -0.15) is 0 Å². The standard InChI is InChI=1S/C12H21NO/c1-5-11(14)13-10-6-9(2)7-12(3,4)8-10/h8-9H,5-7H2,1-4H3,(H,13,14). The normalized spacial score (nSPS) is 25.4. The summed E-state index contributed by atoms with van der Waals surface area (Å²) in [6.07, 6.45) is 4.99. The average Bonchev–Trinajstić information content (AvgIpc) is 1.99. The summed E-state index contributed by atoms with van der Waals surface area (Å²) in [5, 5.41) is 2.98. The lowest BCUT2D eigenvalue weighted by Crippen LogP contribution is -2.29. The Morgan fingerprint density at radius 2 is 2.29 bits per heavy atom. The van der Waals surface area contributed by atoms with E-state index >= 15 is 0 Å². The third-order valence-corrected chi connectivity index (χ3v) is 2.63. The Hall–Kier alpha value is -0.790. The number of hydrogen-bond acceptors (Lipinski definition) is 1. The van der Waals surface area contributed by atoms with Crippen LogP contribution in [0.15, 0.2) is 11.8 Å². The van der Waals surface area contributed by atoms with Crippen LogP contribution in [-0.4, -0.2) is 5.91 Å². The van der Waals surface area contributed by atoms with Crippen molar-refractivity contribution in [1.29, 1.82) is 0 Å². The van der Waals surface area contributed by atoms with Gasteiger partial charge in [-0.05, 0) is 24.2 Å². The molecule has 1 rings (SSSR count). The molecule has 0 spiro atoms. The summed E-state index contributed by atoms with van der Waals surface area (Å²) < 4.78 is 0. The van der Waals surface area contributed by atoms with Crippen molar-refractivity contribution in [3.63, 3.8) is 0 Å². The lowest BCUT2D eigenvalue weighted by atomic mass is 9.76. The van der Waals surface area contributed by atoms with Gasteiger partial charge in [0, 0.05) is 12.1 Å². The fraction of sp³-hybridized carbons (Fsp3) is 0.750. The van der Waals surface area contributed by atoms with E-state index in [-0.39, 0.29) is 11.3 Å². The summed E-state index contributed by atoms with van der Waals surface area (Å²) in [5.74, 6) is 0.795. The third kappa shape index (κ3) is 3.17. The van der Waals surface area contributed by atoms with Crippen LogP contribution >= 0.6 is 0 Å². The molecule has 1 N–H and O–H groups in total. The van der Waals surface area contributed by atoms with Gasteiger partial charge in [0.15, 0.2) is 0 Å². The van der Waals surface area contributed by atoms with Crippen molar-refractivity contribution in [3.8, 4) is 0 Å². The van der Waals surface area contributed by atoms with E-state index < -0.39 is 0 Å². The molecule has 1 amide bonds. The van der Waals surface area contributed by atoms with Crippen LogP contribution in [0.25, 0.3) is 0 Å². The first-order chi connectivity index (χ1) is 6.43. The molecule has 0 heterocycles. The molecule has 0 fully saturated rings. The highest BCUT2D eigenvalue weighted by Gasteiger charge is 2.25. The molecular weight excluding hydrogens is 174 g/mol. The molecule has 0 aromatic carbocycles. The molecule has 2 nitrogen and oxygen atoms in total. The lowest BCUT2D eigenvalue weighted by molar-refractivity contribution is -0.120. The fourth-order valence-electron chi connectivity index (χ4n) is 2.29. The van der Waals surface area contributed by atoms with E-state index in [0.29, 0.717) is 12.3 Å². The van der Waals surface area contributed by atoms with Crippen molar-refractivity contribution in [1.82, 2.24) is 5.32 Å². The maximum Gasteiger partial charge on any atom is 0.223 e. The molecule has 0 radical (unpaired) electrons. The zero-order valence-corrected chi connectivity index (χ0v) is 9.68. The Kier molecular flexibility index (Phi) is 3.35. The van der Waals surface area contributed by atoms with E-state index in [1.165, 1.54) is 6.42 Å². The van der Waals surface area contributed by atoms with Gasteiger partial charge in [-0.25, -0.2) is 0 Å².